The third-order valence-electron chi connectivity index (χ3n) is 2.21. The molecule has 0 saturated heterocycles. The van der Waals surface area contributed by atoms with Gasteiger partial charge in [-0.15, -0.1) is 0 Å². The fourth-order valence-electron chi connectivity index (χ4n) is 1.42. The van der Waals surface area contributed by atoms with Gasteiger partial charge in [-0.3, -0.25) is 4.98 Å². The molecular weight excluding hydrogens is 252 g/mol. The van der Waals surface area contributed by atoms with Gasteiger partial charge in [0.15, 0.2) is 0 Å². The second-order valence-electron chi connectivity index (χ2n) is 3.34. The quantitative estimate of drug-likeness (QED) is 0.846. The average Bonchev–Trinajstić information content (AvgIpc) is 2.24. The van der Waals surface area contributed by atoms with E-state index in [4.69, 9.17) is 5.73 Å². The third-order valence-corrected chi connectivity index (χ3v) is 2.70. The SMILES string of the molecule is Nc1cc(Br)ccc1Cc1ccccn1. The van der Waals surface area contributed by atoms with Gasteiger partial charge in [-0.1, -0.05) is 28.1 Å². The van der Waals surface area contributed by atoms with Gasteiger partial charge in [-0.2, -0.15) is 0 Å². The fourth-order valence-corrected chi connectivity index (χ4v) is 1.80. The maximum absolute atomic E-state index is 5.91. The number of nitrogens with two attached hydrogens (primary N) is 1. The number of halogens is 1. The van der Waals surface area contributed by atoms with Gasteiger partial charge < -0.3 is 5.73 Å². The van der Waals surface area contributed by atoms with E-state index in [9.17, 15) is 0 Å². The first-order chi connectivity index (χ1) is 7.25. The highest BCUT2D eigenvalue weighted by molar-refractivity contribution is 9.10. The van der Waals surface area contributed by atoms with Crippen LogP contribution in [0.15, 0.2) is 47.1 Å². The summed E-state index contributed by atoms with van der Waals surface area (Å²) in [4.78, 5) is 4.27. The number of hydrogen-bond donors (Lipinski definition) is 1. The number of pyridine rings is 1. The summed E-state index contributed by atoms with van der Waals surface area (Å²) in [5.74, 6) is 0. The molecule has 0 atom stereocenters. The van der Waals surface area contributed by atoms with Crippen molar-refractivity contribution in [1.82, 2.24) is 4.98 Å². The molecule has 15 heavy (non-hydrogen) atoms. The molecule has 1 heterocycles. The molecule has 2 rings (SSSR count). The fraction of sp³-hybridized carbons (Fsp3) is 0.0833. The summed E-state index contributed by atoms with van der Waals surface area (Å²) >= 11 is 3.39. The number of anilines is 1. The monoisotopic (exact) mass is 262 g/mol. The van der Waals surface area contributed by atoms with Crippen LogP contribution in [-0.4, -0.2) is 4.98 Å². The lowest BCUT2D eigenvalue weighted by atomic mass is 10.1. The molecule has 0 aliphatic heterocycles. The zero-order chi connectivity index (χ0) is 10.7. The van der Waals surface area contributed by atoms with E-state index in [1.807, 2.05) is 36.4 Å². The van der Waals surface area contributed by atoms with E-state index in [-0.39, 0.29) is 0 Å². The minimum Gasteiger partial charge on any atom is -0.398 e. The molecule has 76 valence electrons. The highest BCUT2D eigenvalue weighted by Gasteiger charge is 2.01. The predicted molar refractivity (Wildman–Crippen MR) is 65.6 cm³/mol. The lowest BCUT2D eigenvalue weighted by Gasteiger charge is -2.05. The summed E-state index contributed by atoms with van der Waals surface area (Å²) in [6, 6.07) is 11.8. The van der Waals surface area contributed by atoms with Crippen LogP contribution >= 0.6 is 15.9 Å². The van der Waals surface area contributed by atoms with Crippen molar-refractivity contribution in [1.29, 1.82) is 0 Å². The first-order valence-electron chi connectivity index (χ1n) is 4.69. The zero-order valence-electron chi connectivity index (χ0n) is 8.15. The first kappa shape index (κ1) is 10.2. The van der Waals surface area contributed by atoms with Gasteiger partial charge in [-0.05, 0) is 29.8 Å². The summed E-state index contributed by atoms with van der Waals surface area (Å²) in [5, 5.41) is 0. The van der Waals surface area contributed by atoms with Crippen molar-refractivity contribution in [3.05, 3.63) is 58.3 Å². The predicted octanol–water partition coefficient (Wildman–Crippen LogP) is 3.02. The van der Waals surface area contributed by atoms with Crippen LogP contribution in [0.4, 0.5) is 5.69 Å². The van der Waals surface area contributed by atoms with Gasteiger partial charge in [0, 0.05) is 28.5 Å². The molecule has 2 nitrogen and oxygen atoms in total. The largest absolute Gasteiger partial charge is 0.398 e. The standard InChI is InChI=1S/C12H11BrN2/c13-10-5-4-9(12(14)8-10)7-11-3-1-2-6-15-11/h1-6,8H,7,14H2. The van der Waals surface area contributed by atoms with Gasteiger partial charge in [0.05, 0.1) is 0 Å². The summed E-state index contributed by atoms with van der Waals surface area (Å²) in [6.07, 6.45) is 2.57. The van der Waals surface area contributed by atoms with Crippen LogP contribution in [0, 0.1) is 0 Å². The molecule has 0 unspecified atom stereocenters. The summed E-state index contributed by atoms with van der Waals surface area (Å²) in [5.41, 5.74) is 8.85. The zero-order valence-corrected chi connectivity index (χ0v) is 9.74. The molecule has 0 saturated carbocycles. The molecule has 0 aliphatic rings. The van der Waals surface area contributed by atoms with Crippen molar-refractivity contribution in [2.75, 3.05) is 5.73 Å². The van der Waals surface area contributed by atoms with E-state index in [1.54, 1.807) is 6.20 Å². The molecule has 0 aliphatic carbocycles. The normalized spacial score (nSPS) is 10.2. The van der Waals surface area contributed by atoms with Crippen LogP contribution in [0.3, 0.4) is 0 Å². The number of nitrogen functional groups attached to an aromatic ring is 1. The van der Waals surface area contributed by atoms with Crippen molar-refractivity contribution < 1.29 is 0 Å². The molecule has 2 N–H and O–H groups in total. The van der Waals surface area contributed by atoms with E-state index >= 15 is 0 Å². The third kappa shape index (κ3) is 2.57. The van der Waals surface area contributed by atoms with Crippen LogP contribution in [0.1, 0.15) is 11.3 Å². The van der Waals surface area contributed by atoms with Crippen molar-refractivity contribution in [2.24, 2.45) is 0 Å². The van der Waals surface area contributed by atoms with Crippen LogP contribution in [-0.2, 0) is 6.42 Å². The Balaban J connectivity index is 2.25. The maximum atomic E-state index is 5.91. The van der Waals surface area contributed by atoms with Crippen molar-refractivity contribution in [3.63, 3.8) is 0 Å². The van der Waals surface area contributed by atoms with Crippen molar-refractivity contribution in [2.45, 2.75) is 6.42 Å². The van der Waals surface area contributed by atoms with E-state index in [2.05, 4.69) is 20.9 Å². The number of benzene rings is 1. The first-order valence-corrected chi connectivity index (χ1v) is 5.49. The Morgan fingerprint density at radius 2 is 2.07 bits per heavy atom. The smallest absolute Gasteiger partial charge is 0.0448 e. The maximum Gasteiger partial charge on any atom is 0.0448 e. The topological polar surface area (TPSA) is 38.9 Å². The lowest BCUT2D eigenvalue weighted by molar-refractivity contribution is 1.08. The molecule has 0 amide bonds. The van der Waals surface area contributed by atoms with E-state index in [0.29, 0.717) is 0 Å². The van der Waals surface area contributed by atoms with Gasteiger partial charge in [0.25, 0.3) is 0 Å². The van der Waals surface area contributed by atoms with Gasteiger partial charge in [0.1, 0.15) is 0 Å². The molecule has 0 spiro atoms. The Morgan fingerprint density at radius 3 is 2.73 bits per heavy atom. The Hall–Kier alpha value is -1.35. The van der Waals surface area contributed by atoms with Gasteiger partial charge in [-0.25, -0.2) is 0 Å². The highest BCUT2D eigenvalue weighted by atomic mass is 79.9. The summed E-state index contributed by atoms with van der Waals surface area (Å²) < 4.78 is 1.00. The van der Waals surface area contributed by atoms with Crippen LogP contribution in [0.5, 0.6) is 0 Å². The van der Waals surface area contributed by atoms with Crippen LogP contribution in [0.2, 0.25) is 0 Å². The number of hydrogen-bond acceptors (Lipinski definition) is 2. The molecule has 0 radical (unpaired) electrons. The molecule has 2 aromatic rings. The minimum absolute atomic E-state index is 0.778. The molecule has 3 heteroatoms. The second-order valence-corrected chi connectivity index (χ2v) is 4.26. The number of aromatic nitrogens is 1. The molecule has 0 fully saturated rings. The molecule has 1 aromatic heterocycles. The Morgan fingerprint density at radius 1 is 1.20 bits per heavy atom. The van der Waals surface area contributed by atoms with Gasteiger partial charge >= 0.3 is 0 Å². The molecule has 1 aromatic carbocycles. The minimum atomic E-state index is 0.778. The number of rotatable bonds is 2. The van der Waals surface area contributed by atoms with Crippen molar-refractivity contribution in [3.8, 4) is 0 Å². The average molecular weight is 263 g/mol. The summed E-state index contributed by atoms with van der Waals surface area (Å²) in [7, 11) is 0. The summed E-state index contributed by atoms with van der Waals surface area (Å²) in [6.45, 7) is 0. The van der Waals surface area contributed by atoms with Crippen molar-refractivity contribution >= 4 is 21.6 Å². The lowest BCUT2D eigenvalue weighted by Crippen LogP contribution is -1.97. The molecular formula is C12H11BrN2. The Bertz CT molecular complexity index is 454. The van der Waals surface area contributed by atoms with Crippen LogP contribution in [0.25, 0.3) is 0 Å². The molecule has 0 bridgehead atoms. The Kier molecular flexibility index (Phi) is 3.02. The van der Waals surface area contributed by atoms with E-state index in [0.717, 1.165) is 27.8 Å². The Labute approximate surface area is 97.3 Å². The van der Waals surface area contributed by atoms with E-state index < -0.39 is 0 Å². The van der Waals surface area contributed by atoms with Crippen LogP contribution < -0.4 is 5.73 Å². The van der Waals surface area contributed by atoms with Gasteiger partial charge in [0.2, 0.25) is 0 Å². The second kappa shape index (κ2) is 4.45. The van der Waals surface area contributed by atoms with E-state index in [1.165, 1.54) is 0 Å². The highest BCUT2D eigenvalue weighted by Crippen LogP contribution is 2.20. The number of nitrogens with zero attached hydrogens (tertiary/aromatic N) is 1.